The van der Waals surface area contributed by atoms with Crippen molar-refractivity contribution in [2.24, 2.45) is 5.92 Å². The Bertz CT molecular complexity index is 407. The van der Waals surface area contributed by atoms with Crippen molar-refractivity contribution in [2.75, 3.05) is 6.54 Å². The largest absolute Gasteiger partial charge is 0.310 e. The van der Waals surface area contributed by atoms with Crippen LogP contribution in [-0.4, -0.2) is 6.54 Å². The molecule has 1 nitrogen and oxygen atoms in total. The predicted molar refractivity (Wildman–Crippen MR) is 81.5 cm³/mol. The SMILES string of the molecule is CC(C)CCCCNC(C)c1cc(F)c(Cl)cc1Cl. The van der Waals surface area contributed by atoms with Gasteiger partial charge in [-0.05, 0) is 43.5 Å². The molecule has 1 rings (SSSR count). The maximum atomic E-state index is 13.4. The molecule has 0 amide bonds. The first-order valence-corrected chi connectivity index (χ1v) is 7.55. The molecule has 1 aromatic carbocycles. The van der Waals surface area contributed by atoms with E-state index in [-0.39, 0.29) is 11.1 Å². The fraction of sp³-hybridized carbons (Fsp3) is 0.600. The molecule has 1 atom stereocenters. The summed E-state index contributed by atoms with van der Waals surface area (Å²) in [5.74, 6) is 0.326. The van der Waals surface area contributed by atoms with Gasteiger partial charge in [-0.2, -0.15) is 0 Å². The Morgan fingerprint density at radius 2 is 1.79 bits per heavy atom. The van der Waals surface area contributed by atoms with Crippen LogP contribution in [0, 0.1) is 11.7 Å². The first kappa shape index (κ1) is 16.7. The van der Waals surface area contributed by atoms with E-state index in [0.29, 0.717) is 5.02 Å². The zero-order valence-electron chi connectivity index (χ0n) is 11.8. The quantitative estimate of drug-likeness (QED) is 0.510. The van der Waals surface area contributed by atoms with E-state index in [1.165, 1.54) is 25.0 Å². The molecule has 0 fully saturated rings. The van der Waals surface area contributed by atoms with Gasteiger partial charge in [-0.3, -0.25) is 0 Å². The van der Waals surface area contributed by atoms with Crippen LogP contribution in [0.25, 0.3) is 0 Å². The van der Waals surface area contributed by atoms with Gasteiger partial charge in [0.15, 0.2) is 0 Å². The van der Waals surface area contributed by atoms with E-state index in [1.807, 2.05) is 6.92 Å². The number of hydrogen-bond donors (Lipinski definition) is 1. The maximum absolute atomic E-state index is 13.4. The second-order valence-electron chi connectivity index (χ2n) is 5.35. The number of unbranched alkanes of at least 4 members (excludes halogenated alkanes) is 1. The summed E-state index contributed by atoms with van der Waals surface area (Å²) in [6.45, 7) is 7.35. The zero-order chi connectivity index (χ0) is 14.4. The van der Waals surface area contributed by atoms with E-state index in [0.717, 1.165) is 24.4 Å². The van der Waals surface area contributed by atoms with E-state index in [1.54, 1.807) is 0 Å². The Morgan fingerprint density at radius 3 is 2.42 bits per heavy atom. The number of benzene rings is 1. The highest BCUT2D eigenvalue weighted by molar-refractivity contribution is 6.35. The topological polar surface area (TPSA) is 12.0 Å². The summed E-state index contributed by atoms with van der Waals surface area (Å²) in [7, 11) is 0. The van der Waals surface area contributed by atoms with Gasteiger partial charge in [0, 0.05) is 11.1 Å². The summed E-state index contributed by atoms with van der Waals surface area (Å²) in [6, 6.07) is 2.90. The fourth-order valence-corrected chi connectivity index (χ4v) is 2.52. The molecular formula is C15H22Cl2FN. The van der Waals surface area contributed by atoms with Crippen molar-refractivity contribution in [3.63, 3.8) is 0 Å². The Labute approximate surface area is 125 Å². The van der Waals surface area contributed by atoms with Crippen LogP contribution in [-0.2, 0) is 0 Å². The van der Waals surface area contributed by atoms with Gasteiger partial charge in [0.1, 0.15) is 5.82 Å². The Kier molecular flexibility index (Phi) is 7.12. The number of rotatable bonds is 7. The monoisotopic (exact) mass is 305 g/mol. The summed E-state index contributed by atoms with van der Waals surface area (Å²) >= 11 is 11.8. The normalized spacial score (nSPS) is 13.0. The first-order valence-electron chi connectivity index (χ1n) is 6.79. The highest BCUT2D eigenvalue weighted by atomic mass is 35.5. The predicted octanol–water partition coefficient (Wildman–Crippen LogP) is 5.61. The molecule has 0 aliphatic carbocycles. The second kappa shape index (κ2) is 8.08. The average molecular weight is 306 g/mol. The van der Waals surface area contributed by atoms with Crippen LogP contribution in [0.2, 0.25) is 10.0 Å². The van der Waals surface area contributed by atoms with Crippen LogP contribution >= 0.6 is 23.2 Å². The molecule has 0 heterocycles. The van der Waals surface area contributed by atoms with Crippen molar-refractivity contribution >= 4 is 23.2 Å². The molecule has 0 radical (unpaired) electrons. The lowest BCUT2D eigenvalue weighted by molar-refractivity contribution is 0.497. The van der Waals surface area contributed by atoms with E-state index in [2.05, 4.69) is 19.2 Å². The van der Waals surface area contributed by atoms with Crippen molar-refractivity contribution in [3.05, 3.63) is 33.6 Å². The molecule has 108 valence electrons. The molecule has 0 aliphatic rings. The van der Waals surface area contributed by atoms with E-state index < -0.39 is 5.82 Å². The lowest BCUT2D eigenvalue weighted by atomic mass is 10.1. The van der Waals surface area contributed by atoms with Gasteiger partial charge in [0.05, 0.1) is 5.02 Å². The molecule has 0 bridgehead atoms. The molecule has 0 saturated carbocycles. The highest BCUT2D eigenvalue weighted by Gasteiger charge is 2.12. The van der Waals surface area contributed by atoms with E-state index in [4.69, 9.17) is 23.2 Å². The van der Waals surface area contributed by atoms with Crippen LogP contribution in [0.15, 0.2) is 12.1 Å². The highest BCUT2D eigenvalue weighted by Crippen LogP contribution is 2.28. The summed E-state index contributed by atoms with van der Waals surface area (Å²) in [6.07, 6.45) is 3.57. The summed E-state index contributed by atoms with van der Waals surface area (Å²) < 4.78 is 13.4. The zero-order valence-corrected chi connectivity index (χ0v) is 13.3. The maximum Gasteiger partial charge on any atom is 0.142 e. The summed E-state index contributed by atoms with van der Waals surface area (Å²) in [5, 5.41) is 3.94. The number of nitrogens with one attached hydrogen (secondary N) is 1. The van der Waals surface area contributed by atoms with Gasteiger partial charge in [-0.1, -0.05) is 49.9 Å². The fourth-order valence-electron chi connectivity index (χ4n) is 1.98. The second-order valence-corrected chi connectivity index (χ2v) is 6.17. The van der Waals surface area contributed by atoms with Crippen LogP contribution in [0.4, 0.5) is 4.39 Å². The van der Waals surface area contributed by atoms with Gasteiger partial charge < -0.3 is 5.32 Å². The molecular weight excluding hydrogens is 284 g/mol. The Morgan fingerprint density at radius 1 is 1.11 bits per heavy atom. The van der Waals surface area contributed by atoms with Crippen molar-refractivity contribution in [2.45, 2.75) is 46.1 Å². The van der Waals surface area contributed by atoms with Crippen molar-refractivity contribution in [1.29, 1.82) is 0 Å². The minimum absolute atomic E-state index is 0.0262. The molecule has 1 N–H and O–H groups in total. The van der Waals surface area contributed by atoms with Crippen LogP contribution in [0.3, 0.4) is 0 Å². The standard InChI is InChI=1S/C15H22Cl2FN/c1-10(2)6-4-5-7-19-11(3)12-8-15(18)14(17)9-13(12)16/h8-11,19H,4-7H2,1-3H3. The smallest absolute Gasteiger partial charge is 0.142 e. The molecule has 4 heteroatoms. The molecule has 0 aliphatic heterocycles. The number of halogens is 3. The number of hydrogen-bond acceptors (Lipinski definition) is 1. The third kappa shape index (κ3) is 5.68. The van der Waals surface area contributed by atoms with Gasteiger partial charge in [-0.15, -0.1) is 0 Å². The van der Waals surface area contributed by atoms with Crippen molar-refractivity contribution in [1.82, 2.24) is 5.32 Å². The van der Waals surface area contributed by atoms with Crippen molar-refractivity contribution in [3.8, 4) is 0 Å². The average Bonchev–Trinajstić information content (AvgIpc) is 2.32. The summed E-state index contributed by atoms with van der Waals surface area (Å²) in [4.78, 5) is 0. The van der Waals surface area contributed by atoms with Gasteiger partial charge in [0.25, 0.3) is 0 Å². The van der Waals surface area contributed by atoms with Crippen LogP contribution in [0.1, 0.15) is 51.6 Å². The molecule has 0 spiro atoms. The first-order chi connectivity index (χ1) is 8.91. The molecule has 0 saturated heterocycles. The molecule has 19 heavy (non-hydrogen) atoms. The Balaban J connectivity index is 2.45. The van der Waals surface area contributed by atoms with Gasteiger partial charge >= 0.3 is 0 Å². The van der Waals surface area contributed by atoms with Gasteiger partial charge in [-0.25, -0.2) is 4.39 Å². The molecule has 1 aromatic rings. The molecule has 0 aromatic heterocycles. The summed E-state index contributed by atoms with van der Waals surface area (Å²) in [5.41, 5.74) is 0.757. The third-order valence-electron chi connectivity index (χ3n) is 3.16. The Hall–Kier alpha value is -0.310. The minimum Gasteiger partial charge on any atom is -0.310 e. The minimum atomic E-state index is -0.422. The van der Waals surface area contributed by atoms with Crippen LogP contribution in [0.5, 0.6) is 0 Å². The molecule has 1 unspecified atom stereocenters. The lowest BCUT2D eigenvalue weighted by Crippen LogP contribution is -2.20. The van der Waals surface area contributed by atoms with Gasteiger partial charge in [0.2, 0.25) is 0 Å². The van der Waals surface area contributed by atoms with E-state index in [9.17, 15) is 4.39 Å². The van der Waals surface area contributed by atoms with Crippen LogP contribution < -0.4 is 5.32 Å². The third-order valence-corrected chi connectivity index (χ3v) is 3.78. The van der Waals surface area contributed by atoms with E-state index >= 15 is 0 Å². The lowest BCUT2D eigenvalue weighted by Gasteiger charge is -2.16. The van der Waals surface area contributed by atoms with Crippen molar-refractivity contribution < 1.29 is 4.39 Å².